The molecule has 16 heavy (non-hydrogen) atoms. The third kappa shape index (κ3) is 4.74. The number of likely N-dealkylation sites (tertiary alicyclic amines) is 1. The third-order valence-electron chi connectivity index (χ3n) is 2.87. The molecule has 1 aliphatic rings. The van der Waals surface area contributed by atoms with Crippen molar-refractivity contribution in [2.24, 2.45) is 5.73 Å². The van der Waals surface area contributed by atoms with Gasteiger partial charge in [0.05, 0.1) is 5.25 Å². The highest BCUT2D eigenvalue weighted by Gasteiger charge is 2.21. The van der Waals surface area contributed by atoms with E-state index < -0.39 is 0 Å². The van der Waals surface area contributed by atoms with Gasteiger partial charge in [0.25, 0.3) is 0 Å². The Morgan fingerprint density at radius 1 is 1.25 bits per heavy atom. The molecule has 1 saturated heterocycles. The molecule has 0 aromatic carbocycles. The van der Waals surface area contributed by atoms with E-state index in [4.69, 9.17) is 5.73 Å². The molecule has 0 aliphatic carbocycles. The average Bonchev–Trinajstić information content (AvgIpc) is 2.53. The summed E-state index contributed by atoms with van der Waals surface area (Å²) in [6, 6.07) is 0.171. The van der Waals surface area contributed by atoms with Crippen molar-refractivity contribution in [3.63, 3.8) is 0 Å². The van der Waals surface area contributed by atoms with E-state index in [9.17, 15) is 4.79 Å². The van der Waals surface area contributed by atoms with E-state index in [1.165, 1.54) is 12.8 Å². The summed E-state index contributed by atoms with van der Waals surface area (Å²) in [6.45, 7) is 5.88. The quantitative estimate of drug-likeness (QED) is 0.821. The third-order valence-corrected chi connectivity index (χ3v) is 4.29. The molecule has 0 bridgehead atoms. The summed E-state index contributed by atoms with van der Waals surface area (Å²) in [4.78, 5) is 14.2. The lowest BCUT2D eigenvalue weighted by molar-refractivity contribution is -0.130. The maximum absolute atomic E-state index is 12.1. The number of thioether (sulfide) groups is 1. The molecular weight excluding hydrogens is 220 g/mol. The average molecular weight is 244 g/mol. The molecule has 0 aromatic rings. The van der Waals surface area contributed by atoms with E-state index in [1.54, 1.807) is 11.8 Å². The first-order valence-electron chi connectivity index (χ1n) is 6.27. The Labute approximate surface area is 103 Å². The normalized spacial score (nSPS) is 21.3. The van der Waals surface area contributed by atoms with E-state index in [2.05, 4.69) is 0 Å². The predicted octanol–water partition coefficient (Wildman–Crippen LogP) is 1.86. The Morgan fingerprint density at radius 2 is 1.81 bits per heavy atom. The minimum Gasteiger partial charge on any atom is -0.342 e. The highest BCUT2D eigenvalue weighted by atomic mass is 32.2. The molecule has 1 fully saturated rings. The zero-order valence-electron chi connectivity index (χ0n) is 10.4. The van der Waals surface area contributed by atoms with Gasteiger partial charge in [-0.25, -0.2) is 0 Å². The molecule has 0 aromatic heterocycles. The van der Waals surface area contributed by atoms with Crippen LogP contribution in [0.1, 0.15) is 39.5 Å². The maximum Gasteiger partial charge on any atom is 0.235 e. The van der Waals surface area contributed by atoms with Gasteiger partial charge in [0, 0.05) is 24.9 Å². The van der Waals surface area contributed by atoms with Crippen molar-refractivity contribution in [1.29, 1.82) is 0 Å². The summed E-state index contributed by atoms with van der Waals surface area (Å²) in [7, 11) is 0. The Kier molecular flexibility index (Phi) is 6.21. The molecule has 3 nitrogen and oxygen atoms in total. The van der Waals surface area contributed by atoms with Crippen molar-refractivity contribution in [3.8, 4) is 0 Å². The first-order chi connectivity index (χ1) is 7.61. The Morgan fingerprint density at radius 3 is 2.31 bits per heavy atom. The first kappa shape index (κ1) is 13.8. The summed E-state index contributed by atoms with van der Waals surface area (Å²) in [6.07, 6.45) is 4.86. The van der Waals surface area contributed by atoms with Crippen LogP contribution in [0.4, 0.5) is 0 Å². The number of nitrogens with two attached hydrogens (primary N) is 1. The molecule has 0 spiro atoms. The first-order valence-corrected chi connectivity index (χ1v) is 7.32. The molecule has 2 N–H and O–H groups in total. The van der Waals surface area contributed by atoms with Crippen LogP contribution in [-0.4, -0.2) is 40.9 Å². The Hall–Kier alpha value is -0.220. The zero-order chi connectivity index (χ0) is 12.0. The van der Waals surface area contributed by atoms with Gasteiger partial charge in [-0.1, -0.05) is 12.8 Å². The van der Waals surface area contributed by atoms with Crippen LogP contribution in [0.25, 0.3) is 0 Å². The lowest BCUT2D eigenvalue weighted by atomic mass is 10.2. The molecule has 1 aliphatic heterocycles. The van der Waals surface area contributed by atoms with Crippen LogP contribution in [-0.2, 0) is 4.79 Å². The monoisotopic (exact) mass is 244 g/mol. The van der Waals surface area contributed by atoms with Gasteiger partial charge in [0.2, 0.25) is 5.91 Å². The number of carbonyl (C=O) groups excluding carboxylic acids is 1. The maximum atomic E-state index is 12.1. The number of rotatable bonds is 4. The van der Waals surface area contributed by atoms with Crippen molar-refractivity contribution in [1.82, 2.24) is 4.90 Å². The van der Waals surface area contributed by atoms with Crippen LogP contribution in [0.3, 0.4) is 0 Å². The van der Waals surface area contributed by atoms with E-state index in [0.29, 0.717) is 5.91 Å². The lowest BCUT2D eigenvalue weighted by Gasteiger charge is -2.24. The van der Waals surface area contributed by atoms with Crippen LogP contribution in [0.5, 0.6) is 0 Å². The van der Waals surface area contributed by atoms with Gasteiger partial charge >= 0.3 is 0 Å². The van der Waals surface area contributed by atoms with Crippen molar-refractivity contribution >= 4 is 17.7 Å². The number of nitrogens with zero attached hydrogens (tertiary/aromatic N) is 1. The molecule has 2 atom stereocenters. The second-order valence-electron chi connectivity index (χ2n) is 4.69. The summed E-state index contributed by atoms with van der Waals surface area (Å²) >= 11 is 1.68. The SMILES string of the molecule is CC(N)CSC(C)C(=O)N1CCCCCC1. The van der Waals surface area contributed by atoms with E-state index in [-0.39, 0.29) is 11.3 Å². The van der Waals surface area contributed by atoms with Gasteiger partial charge in [0.1, 0.15) is 0 Å². The summed E-state index contributed by atoms with van der Waals surface area (Å²) < 4.78 is 0. The second kappa shape index (κ2) is 7.17. The fraction of sp³-hybridized carbons (Fsp3) is 0.917. The Bertz CT molecular complexity index is 213. The number of hydrogen-bond acceptors (Lipinski definition) is 3. The molecule has 4 heteroatoms. The van der Waals surface area contributed by atoms with Gasteiger partial charge in [0.15, 0.2) is 0 Å². The molecule has 0 saturated carbocycles. The van der Waals surface area contributed by atoms with Crippen LogP contribution in [0, 0.1) is 0 Å². The standard InChI is InChI=1S/C12H24N2OS/c1-10(13)9-16-11(2)12(15)14-7-5-3-4-6-8-14/h10-11H,3-9,13H2,1-2H3. The molecular formula is C12H24N2OS. The Balaban J connectivity index is 2.35. The van der Waals surface area contributed by atoms with Crippen molar-refractivity contribution in [2.75, 3.05) is 18.8 Å². The number of hydrogen-bond donors (Lipinski definition) is 1. The topological polar surface area (TPSA) is 46.3 Å². The highest BCUT2D eigenvalue weighted by molar-refractivity contribution is 8.00. The zero-order valence-corrected chi connectivity index (χ0v) is 11.3. The van der Waals surface area contributed by atoms with Gasteiger partial charge < -0.3 is 10.6 Å². The molecule has 1 amide bonds. The molecule has 1 rings (SSSR count). The minimum absolute atomic E-state index is 0.0594. The van der Waals surface area contributed by atoms with Crippen molar-refractivity contribution < 1.29 is 4.79 Å². The fourth-order valence-corrected chi connectivity index (χ4v) is 2.80. The summed E-state index contributed by atoms with van der Waals surface area (Å²) in [5.74, 6) is 1.16. The second-order valence-corrected chi connectivity index (χ2v) is 6.07. The van der Waals surface area contributed by atoms with Crippen LogP contribution >= 0.6 is 11.8 Å². The van der Waals surface area contributed by atoms with Crippen LogP contribution < -0.4 is 5.73 Å². The van der Waals surface area contributed by atoms with Crippen LogP contribution in [0.15, 0.2) is 0 Å². The van der Waals surface area contributed by atoms with Gasteiger partial charge in [-0.2, -0.15) is 0 Å². The molecule has 94 valence electrons. The van der Waals surface area contributed by atoms with E-state index >= 15 is 0 Å². The van der Waals surface area contributed by atoms with Gasteiger partial charge in [-0.15, -0.1) is 11.8 Å². The van der Waals surface area contributed by atoms with Gasteiger partial charge in [-0.3, -0.25) is 4.79 Å². The molecule has 1 heterocycles. The van der Waals surface area contributed by atoms with Crippen molar-refractivity contribution in [2.45, 2.75) is 50.8 Å². The number of amides is 1. The summed E-state index contributed by atoms with van der Waals surface area (Å²) in [5.41, 5.74) is 5.70. The van der Waals surface area contributed by atoms with Crippen LogP contribution in [0.2, 0.25) is 0 Å². The highest BCUT2D eigenvalue weighted by Crippen LogP contribution is 2.17. The van der Waals surface area contributed by atoms with Crippen molar-refractivity contribution in [3.05, 3.63) is 0 Å². The number of carbonyl (C=O) groups is 1. The fourth-order valence-electron chi connectivity index (χ4n) is 1.92. The molecule has 0 radical (unpaired) electrons. The predicted molar refractivity (Wildman–Crippen MR) is 70.6 cm³/mol. The lowest BCUT2D eigenvalue weighted by Crippen LogP contribution is -2.37. The largest absolute Gasteiger partial charge is 0.342 e. The smallest absolute Gasteiger partial charge is 0.235 e. The van der Waals surface area contributed by atoms with E-state index in [1.807, 2.05) is 18.7 Å². The molecule has 2 unspecified atom stereocenters. The van der Waals surface area contributed by atoms with Gasteiger partial charge in [-0.05, 0) is 26.7 Å². The summed E-state index contributed by atoms with van der Waals surface area (Å²) in [5, 5.41) is 0.0594. The van der Waals surface area contributed by atoms with E-state index in [0.717, 1.165) is 31.7 Å². The minimum atomic E-state index is 0.0594.